The van der Waals surface area contributed by atoms with Gasteiger partial charge in [-0.15, -0.1) is 0 Å². The van der Waals surface area contributed by atoms with Crippen molar-refractivity contribution in [2.24, 2.45) is 0 Å². The van der Waals surface area contributed by atoms with Crippen molar-refractivity contribution in [2.45, 2.75) is 52.4 Å². The van der Waals surface area contributed by atoms with Crippen LogP contribution in [-0.2, 0) is 12.8 Å². The highest BCUT2D eigenvalue weighted by Crippen LogP contribution is 2.42. The van der Waals surface area contributed by atoms with Crippen molar-refractivity contribution in [3.8, 4) is 11.1 Å². The number of hydrogen-bond acceptors (Lipinski definition) is 1. The largest absolute Gasteiger partial charge is 0.310 e. The average Bonchev–Trinajstić information content (AvgIpc) is 3.04. The minimum absolute atomic E-state index is 1.13. The second kappa shape index (κ2) is 12.4. The van der Waals surface area contributed by atoms with Gasteiger partial charge in [-0.25, -0.2) is 0 Å². The van der Waals surface area contributed by atoms with Crippen molar-refractivity contribution in [1.29, 1.82) is 0 Å². The predicted molar refractivity (Wildman–Crippen MR) is 179 cm³/mol. The van der Waals surface area contributed by atoms with E-state index < -0.39 is 0 Å². The van der Waals surface area contributed by atoms with Gasteiger partial charge in [-0.05, 0) is 94.4 Å². The van der Waals surface area contributed by atoms with Crippen molar-refractivity contribution in [2.75, 3.05) is 4.90 Å². The van der Waals surface area contributed by atoms with E-state index in [0.29, 0.717) is 0 Å². The van der Waals surface area contributed by atoms with Crippen molar-refractivity contribution < 1.29 is 0 Å². The van der Waals surface area contributed by atoms with E-state index in [9.17, 15) is 0 Å². The lowest BCUT2D eigenvalue weighted by Crippen LogP contribution is -2.10. The zero-order chi connectivity index (χ0) is 28.0. The Hall–Kier alpha value is -4.36. The number of hydrogen-bond donors (Lipinski definition) is 0. The van der Waals surface area contributed by atoms with Crippen LogP contribution in [0.1, 0.15) is 50.7 Å². The van der Waals surface area contributed by atoms with Gasteiger partial charge >= 0.3 is 0 Å². The molecule has 6 aromatic rings. The standard InChI is InChI=1S/C40H39N/c1-3-5-12-30-18-21-32(22-19-30)33-24-26-36(27-25-33)41(35-14-8-7-9-15-35)40-29-34-23-20-31(13-6-4-2)28-39(34)37-16-10-11-17-38(37)40/h7-11,14-29H,3-6,12-13H2,1-2H3. The second-order valence-electron chi connectivity index (χ2n) is 11.1. The number of para-hydroxylation sites is 1. The van der Waals surface area contributed by atoms with Crippen LogP contribution in [0, 0.1) is 0 Å². The minimum Gasteiger partial charge on any atom is -0.310 e. The van der Waals surface area contributed by atoms with Crippen molar-refractivity contribution in [3.05, 3.63) is 139 Å². The second-order valence-corrected chi connectivity index (χ2v) is 11.1. The van der Waals surface area contributed by atoms with E-state index in [1.54, 1.807) is 0 Å². The highest BCUT2D eigenvalue weighted by molar-refractivity contribution is 6.14. The summed E-state index contributed by atoms with van der Waals surface area (Å²) in [4.78, 5) is 2.41. The molecule has 0 N–H and O–H groups in total. The monoisotopic (exact) mass is 533 g/mol. The number of anilines is 3. The summed E-state index contributed by atoms with van der Waals surface area (Å²) in [7, 11) is 0. The lowest BCUT2D eigenvalue weighted by atomic mass is 9.96. The smallest absolute Gasteiger partial charge is 0.0546 e. The summed E-state index contributed by atoms with van der Waals surface area (Å²) in [6.07, 6.45) is 7.20. The number of rotatable bonds is 10. The zero-order valence-corrected chi connectivity index (χ0v) is 24.3. The van der Waals surface area contributed by atoms with Gasteiger partial charge in [-0.1, -0.05) is 124 Å². The molecule has 1 heteroatoms. The molecule has 0 fully saturated rings. The first-order valence-corrected chi connectivity index (χ1v) is 15.2. The van der Waals surface area contributed by atoms with Gasteiger partial charge in [-0.2, -0.15) is 0 Å². The predicted octanol–water partition coefficient (Wildman–Crippen LogP) is 11.8. The molecule has 204 valence electrons. The number of aryl methyl sites for hydroxylation is 2. The first-order chi connectivity index (χ1) is 20.2. The summed E-state index contributed by atoms with van der Waals surface area (Å²) in [5, 5.41) is 5.19. The van der Waals surface area contributed by atoms with Gasteiger partial charge in [-0.3, -0.25) is 0 Å². The number of nitrogens with zero attached hydrogens (tertiary/aromatic N) is 1. The molecule has 0 unspecified atom stereocenters. The van der Waals surface area contributed by atoms with E-state index in [2.05, 4.69) is 146 Å². The Balaban J connectivity index is 1.44. The molecule has 0 aliphatic carbocycles. The Morgan fingerprint density at radius 3 is 1.71 bits per heavy atom. The molecule has 41 heavy (non-hydrogen) atoms. The van der Waals surface area contributed by atoms with Crippen molar-refractivity contribution in [3.63, 3.8) is 0 Å². The normalized spacial score (nSPS) is 11.3. The van der Waals surface area contributed by atoms with Gasteiger partial charge in [0.25, 0.3) is 0 Å². The molecule has 0 aliphatic rings. The summed E-state index contributed by atoms with van der Waals surface area (Å²) in [5.74, 6) is 0. The quantitative estimate of drug-likeness (QED) is 0.158. The Kier molecular flexibility index (Phi) is 8.14. The molecular weight excluding hydrogens is 494 g/mol. The maximum Gasteiger partial charge on any atom is 0.0546 e. The van der Waals surface area contributed by atoms with Crippen LogP contribution in [-0.4, -0.2) is 0 Å². The number of benzene rings is 6. The van der Waals surface area contributed by atoms with Crippen LogP contribution in [0.25, 0.3) is 32.7 Å². The van der Waals surface area contributed by atoms with Crippen molar-refractivity contribution >= 4 is 38.6 Å². The first-order valence-electron chi connectivity index (χ1n) is 15.2. The molecule has 6 aromatic carbocycles. The lowest BCUT2D eigenvalue weighted by Gasteiger charge is -2.28. The first kappa shape index (κ1) is 26.8. The SMILES string of the molecule is CCCCc1ccc(-c2ccc(N(c3ccccc3)c3cc4ccc(CCCC)cc4c4ccccc34)cc2)cc1. The maximum absolute atomic E-state index is 2.41. The van der Waals surface area contributed by atoms with Crippen LogP contribution in [0.2, 0.25) is 0 Å². The Labute approximate surface area is 245 Å². The topological polar surface area (TPSA) is 3.24 Å². The average molecular weight is 534 g/mol. The van der Waals surface area contributed by atoms with Gasteiger partial charge in [0.15, 0.2) is 0 Å². The van der Waals surface area contributed by atoms with Crippen LogP contribution in [0.4, 0.5) is 17.1 Å². The fourth-order valence-electron chi connectivity index (χ4n) is 5.90. The molecule has 0 aliphatic heterocycles. The molecule has 1 nitrogen and oxygen atoms in total. The third kappa shape index (κ3) is 5.77. The van der Waals surface area contributed by atoms with Gasteiger partial charge in [0.1, 0.15) is 0 Å². The molecule has 0 saturated heterocycles. The lowest BCUT2D eigenvalue weighted by molar-refractivity contribution is 0.795. The maximum atomic E-state index is 2.41. The van der Waals surface area contributed by atoms with Crippen LogP contribution < -0.4 is 4.90 Å². The Morgan fingerprint density at radius 2 is 1.02 bits per heavy atom. The fraction of sp³-hybridized carbons (Fsp3) is 0.200. The van der Waals surface area contributed by atoms with Gasteiger partial charge in [0, 0.05) is 16.8 Å². The zero-order valence-electron chi connectivity index (χ0n) is 24.3. The van der Waals surface area contributed by atoms with Crippen LogP contribution in [0.15, 0.2) is 127 Å². The molecule has 0 amide bonds. The molecule has 6 rings (SSSR count). The van der Waals surface area contributed by atoms with Crippen LogP contribution >= 0.6 is 0 Å². The highest BCUT2D eigenvalue weighted by Gasteiger charge is 2.17. The van der Waals surface area contributed by atoms with Crippen molar-refractivity contribution in [1.82, 2.24) is 0 Å². The molecule has 0 radical (unpaired) electrons. The van der Waals surface area contributed by atoms with Gasteiger partial charge < -0.3 is 4.90 Å². The van der Waals surface area contributed by atoms with E-state index in [4.69, 9.17) is 0 Å². The minimum atomic E-state index is 1.13. The Bertz CT molecular complexity index is 1730. The number of fused-ring (bicyclic) bond motifs is 3. The Morgan fingerprint density at radius 1 is 0.463 bits per heavy atom. The summed E-state index contributed by atoms with van der Waals surface area (Å²) in [5.41, 5.74) is 8.86. The molecular formula is C40H39N. The summed E-state index contributed by atoms with van der Waals surface area (Å²) < 4.78 is 0. The number of unbranched alkanes of at least 4 members (excludes halogenated alkanes) is 2. The third-order valence-electron chi connectivity index (χ3n) is 8.21. The molecule has 0 spiro atoms. The van der Waals surface area contributed by atoms with Gasteiger partial charge in [0.2, 0.25) is 0 Å². The molecule has 0 atom stereocenters. The van der Waals surface area contributed by atoms with Crippen LogP contribution in [0.3, 0.4) is 0 Å². The van der Waals surface area contributed by atoms with Crippen LogP contribution in [0.5, 0.6) is 0 Å². The van der Waals surface area contributed by atoms with Gasteiger partial charge in [0.05, 0.1) is 5.69 Å². The van der Waals surface area contributed by atoms with E-state index in [0.717, 1.165) is 24.2 Å². The molecule has 0 bridgehead atoms. The molecule has 0 aromatic heterocycles. The van der Waals surface area contributed by atoms with E-state index in [1.165, 1.54) is 75.2 Å². The molecule has 0 saturated carbocycles. The van der Waals surface area contributed by atoms with E-state index >= 15 is 0 Å². The highest BCUT2D eigenvalue weighted by atomic mass is 15.1. The van der Waals surface area contributed by atoms with E-state index in [-0.39, 0.29) is 0 Å². The third-order valence-corrected chi connectivity index (χ3v) is 8.21. The fourth-order valence-corrected chi connectivity index (χ4v) is 5.90. The van der Waals surface area contributed by atoms with E-state index in [1.807, 2.05) is 0 Å². The summed E-state index contributed by atoms with van der Waals surface area (Å²) in [6, 6.07) is 47.2. The summed E-state index contributed by atoms with van der Waals surface area (Å²) >= 11 is 0. The summed E-state index contributed by atoms with van der Waals surface area (Å²) in [6.45, 7) is 4.51. The molecule has 0 heterocycles.